The van der Waals surface area contributed by atoms with Crippen molar-refractivity contribution in [2.75, 3.05) is 27.4 Å². The summed E-state index contributed by atoms with van der Waals surface area (Å²) in [4.78, 5) is 10.9. The lowest BCUT2D eigenvalue weighted by atomic mass is 10.2. The van der Waals surface area contributed by atoms with E-state index in [1.165, 1.54) is 13.3 Å². The Morgan fingerprint density at radius 3 is 2.32 bits per heavy atom. The van der Waals surface area contributed by atoms with Crippen LogP contribution in [-0.4, -0.2) is 39.7 Å². The van der Waals surface area contributed by atoms with Crippen LogP contribution in [0.15, 0.2) is 53.6 Å². The van der Waals surface area contributed by atoms with Gasteiger partial charge in [0.25, 0.3) is 0 Å². The Kier molecular flexibility index (Phi) is 7.12. The van der Waals surface area contributed by atoms with Crippen LogP contribution in [0, 0.1) is 0 Å². The van der Waals surface area contributed by atoms with Crippen LogP contribution in [0.5, 0.6) is 17.2 Å². The van der Waals surface area contributed by atoms with E-state index in [2.05, 4.69) is 15.3 Å². The van der Waals surface area contributed by atoms with Crippen LogP contribution in [0.3, 0.4) is 0 Å². The van der Waals surface area contributed by atoms with Crippen LogP contribution < -0.4 is 19.6 Å². The quantitative estimate of drug-likeness (QED) is 0.453. The number of benzene rings is 2. The molecule has 0 bridgehead atoms. The molecule has 132 valence electrons. The number of methoxy groups -OCH3 is 2. The molecule has 2 rings (SSSR count). The normalized spacial score (nSPS) is 10.3. The summed E-state index contributed by atoms with van der Waals surface area (Å²) in [5.74, 6) is 2.14. The van der Waals surface area contributed by atoms with E-state index in [9.17, 15) is 4.79 Å². The zero-order chi connectivity index (χ0) is 17.9. The van der Waals surface area contributed by atoms with Crippen LogP contribution in [-0.2, 0) is 4.74 Å². The number of nitrogens with one attached hydrogen (secondary N) is 1. The highest BCUT2D eigenvalue weighted by atomic mass is 16.5. The number of hydrogen-bond acceptors (Lipinski definition) is 6. The molecule has 2 aromatic carbocycles. The predicted molar refractivity (Wildman–Crippen MR) is 93.6 cm³/mol. The summed E-state index contributed by atoms with van der Waals surface area (Å²) >= 11 is 0. The molecule has 0 saturated carbocycles. The maximum absolute atomic E-state index is 10.9. The highest BCUT2D eigenvalue weighted by Crippen LogP contribution is 2.19. The first-order valence-electron chi connectivity index (χ1n) is 7.58. The summed E-state index contributed by atoms with van der Waals surface area (Å²) in [6.45, 7) is 0.785. The number of amides is 1. The molecule has 0 heterocycles. The summed E-state index contributed by atoms with van der Waals surface area (Å²) in [6.07, 6.45) is 0.870. The smallest absolute Gasteiger partial charge is 0.427 e. The van der Waals surface area contributed by atoms with E-state index < -0.39 is 6.09 Å². The van der Waals surface area contributed by atoms with Gasteiger partial charge in [0.2, 0.25) is 0 Å². The molecule has 0 radical (unpaired) electrons. The second kappa shape index (κ2) is 9.82. The minimum absolute atomic E-state index is 0.387. The summed E-state index contributed by atoms with van der Waals surface area (Å²) in [6, 6.07) is 14.7. The van der Waals surface area contributed by atoms with Gasteiger partial charge in [-0.3, -0.25) is 0 Å². The van der Waals surface area contributed by atoms with Crippen LogP contribution in [0.2, 0.25) is 0 Å². The molecule has 0 saturated heterocycles. The summed E-state index contributed by atoms with van der Waals surface area (Å²) in [7, 11) is 2.88. The molecular formula is C18H20N2O5. The highest BCUT2D eigenvalue weighted by molar-refractivity contribution is 5.81. The van der Waals surface area contributed by atoms with E-state index in [-0.39, 0.29) is 0 Å². The Bertz CT molecular complexity index is 718. The first kappa shape index (κ1) is 18.1. The molecule has 7 heteroatoms. The van der Waals surface area contributed by atoms with Crippen LogP contribution in [0.25, 0.3) is 0 Å². The number of ether oxygens (including phenoxy) is 4. The van der Waals surface area contributed by atoms with Gasteiger partial charge in [0.15, 0.2) is 0 Å². The Morgan fingerprint density at radius 2 is 1.64 bits per heavy atom. The SMILES string of the molecule is COC(=O)N/N=C/c1cccc(OCCOc2cccc(OC)c2)c1. The van der Waals surface area contributed by atoms with Crippen molar-refractivity contribution in [2.24, 2.45) is 5.10 Å². The fraction of sp³-hybridized carbons (Fsp3) is 0.222. The third kappa shape index (κ3) is 6.42. The maximum atomic E-state index is 10.9. The number of nitrogens with zero attached hydrogens (tertiary/aromatic N) is 1. The molecule has 0 aliphatic carbocycles. The molecule has 2 aromatic rings. The molecule has 0 spiro atoms. The van der Waals surface area contributed by atoms with Gasteiger partial charge in [-0.05, 0) is 29.8 Å². The third-order valence-electron chi connectivity index (χ3n) is 3.07. The maximum Gasteiger partial charge on any atom is 0.427 e. The molecule has 25 heavy (non-hydrogen) atoms. The number of hydrazone groups is 1. The van der Waals surface area contributed by atoms with Gasteiger partial charge in [-0.1, -0.05) is 18.2 Å². The molecule has 0 unspecified atom stereocenters. The van der Waals surface area contributed by atoms with Crippen molar-refractivity contribution in [3.63, 3.8) is 0 Å². The van der Waals surface area contributed by atoms with Crippen molar-refractivity contribution >= 4 is 12.3 Å². The highest BCUT2D eigenvalue weighted by Gasteiger charge is 1.99. The van der Waals surface area contributed by atoms with Gasteiger partial charge in [-0.15, -0.1) is 0 Å². The lowest BCUT2D eigenvalue weighted by molar-refractivity contribution is 0.171. The Morgan fingerprint density at radius 1 is 1.00 bits per heavy atom. The third-order valence-corrected chi connectivity index (χ3v) is 3.07. The largest absolute Gasteiger partial charge is 0.497 e. The Labute approximate surface area is 146 Å². The summed E-state index contributed by atoms with van der Waals surface area (Å²) in [5, 5.41) is 3.76. The van der Waals surface area contributed by atoms with Crippen molar-refractivity contribution in [1.29, 1.82) is 0 Å². The van der Waals surface area contributed by atoms with Crippen LogP contribution in [0.4, 0.5) is 4.79 Å². The fourth-order valence-corrected chi connectivity index (χ4v) is 1.90. The van der Waals surface area contributed by atoms with Crippen LogP contribution in [0.1, 0.15) is 5.56 Å². The molecule has 0 aromatic heterocycles. The minimum Gasteiger partial charge on any atom is -0.497 e. The van der Waals surface area contributed by atoms with Crippen molar-refractivity contribution in [2.45, 2.75) is 0 Å². The van der Waals surface area contributed by atoms with E-state index in [0.717, 1.165) is 17.1 Å². The van der Waals surface area contributed by atoms with Gasteiger partial charge < -0.3 is 18.9 Å². The standard InChI is InChI=1S/C18H20N2O5/c1-22-15-6-4-8-17(12-15)25-10-9-24-16-7-3-5-14(11-16)13-19-20-18(21)23-2/h3-8,11-13H,9-10H2,1-2H3,(H,20,21)/b19-13+. The molecular weight excluding hydrogens is 324 g/mol. The molecule has 0 atom stereocenters. The van der Waals surface area contributed by atoms with Gasteiger partial charge in [0.05, 0.1) is 20.4 Å². The van der Waals surface area contributed by atoms with Crippen molar-refractivity contribution < 1.29 is 23.7 Å². The molecule has 0 fully saturated rings. The van der Waals surface area contributed by atoms with E-state index in [4.69, 9.17) is 14.2 Å². The van der Waals surface area contributed by atoms with Gasteiger partial charge in [0, 0.05) is 6.07 Å². The number of carbonyl (C=O) groups is 1. The predicted octanol–water partition coefficient (Wildman–Crippen LogP) is 2.84. The van der Waals surface area contributed by atoms with Gasteiger partial charge >= 0.3 is 6.09 Å². The second-order valence-corrected chi connectivity index (χ2v) is 4.81. The van der Waals surface area contributed by atoms with E-state index in [1.54, 1.807) is 13.2 Å². The van der Waals surface area contributed by atoms with Gasteiger partial charge in [-0.2, -0.15) is 5.10 Å². The Hall–Kier alpha value is -3.22. The van der Waals surface area contributed by atoms with Crippen LogP contribution >= 0.6 is 0 Å². The van der Waals surface area contributed by atoms with Crippen molar-refractivity contribution in [3.05, 3.63) is 54.1 Å². The Balaban J connectivity index is 1.78. The first-order valence-corrected chi connectivity index (χ1v) is 7.58. The van der Waals surface area contributed by atoms with E-state index >= 15 is 0 Å². The molecule has 1 amide bonds. The summed E-state index contributed by atoms with van der Waals surface area (Å²) in [5.41, 5.74) is 3.00. The number of rotatable bonds is 8. The molecule has 0 aliphatic rings. The van der Waals surface area contributed by atoms with Crippen molar-refractivity contribution in [1.82, 2.24) is 5.43 Å². The van der Waals surface area contributed by atoms with Gasteiger partial charge in [0.1, 0.15) is 30.5 Å². The van der Waals surface area contributed by atoms with E-state index in [1.807, 2.05) is 42.5 Å². The zero-order valence-electron chi connectivity index (χ0n) is 14.1. The zero-order valence-corrected chi connectivity index (χ0v) is 14.1. The average Bonchev–Trinajstić information content (AvgIpc) is 2.65. The van der Waals surface area contributed by atoms with Crippen molar-refractivity contribution in [3.8, 4) is 17.2 Å². The molecule has 0 aliphatic heterocycles. The average molecular weight is 344 g/mol. The first-order chi connectivity index (χ1) is 12.2. The second-order valence-electron chi connectivity index (χ2n) is 4.81. The minimum atomic E-state index is -0.627. The summed E-state index contributed by atoms with van der Waals surface area (Å²) < 4.78 is 20.8. The topological polar surface area (TPSA) is 78.4 Å². The fourth-order valence-electron chi connectivity index (χ4n) is 1.90. The van der Waals surface area contributed by atoms with E-state index in [0.29, 0.717) is 19.0 Å². The lowest BCUT2D eigenvalue weighted by Gasteiger charge is -2.09. The number of carbonyl (C=O) groups excluding carboxylic acids is 1. The van der Waals surface area contributed by atoms with Gasteiger partial charge in [-0.25, -0.2) is 10.2 Å². The molecule has 7 nitrogen and oxygen atoms in total. The lowest BCUT2D eigenvalue weighted by Crippen LogP contribution is -2.16. The molecule has 1 N–H and O–H groups in total. The number of hydrogen-bond donors (Lipinski definition) is 1. The monoisotopic (exact) mass is 344 g/mol.